The molecule has 1 aliphatic rings. The van der Waals surface area contributed by atoms with E-state index in [0.717, 1.165) is 16.4 Å². The Balaban J connectivity index is 2.06. The molecule has 140 valence electrons. The highest BCUT2D eigenvalue weighted by Crippen LogP contribution is 2.32. The summed E-state index contributed by atoms with van der Waals surface area (Å²) in [6.07, 6.45) is -3.92. The second-order valence-corrected chi connectivity index (χ2v) is 7.93. The number of piperidine rings is 1. The Labute approximate surface area is 144 Å². The molecule has 10 heteroatoms. The molecule has 0 atom stereocenters. The third-order valence-corrected chi connectivity index (χ3v) is 5.63. The van der Waals surface area contributed by atoms with Gasteiger partial charge in [-0.25, -0.2) is 0 Å². The lowest BCUT2D eigenvalue weighted by molar-refractivity contribution is -0.138. The van der Waals surface area contributed by atoms with E-state index >= 15 is 0 Å². The number of rotatable bonds is 4. The standard InChI is InChI=1S/C15H20F3N3O3S/c1-20(2)25(23,24)19-11-7-9-21(10-8-11)14(22)12-5-3-4-6-13(12)15(16,17)18/h3-6,11,19H,7-10H2,1-2H3. The van der Waals surface area contributed by atoms with Gasteiger partial charge in [0.25, 0.3) is 16.1 Å². The zero-order valence-corrected chi connectivity index (χ0v) is 14.7. The monoisotopic (exact) mass is 379 g/mol. The lowest BCUT2D eigenvalue weighted by Crippen LogP contribution is -2.49. The van der Waals surface area contributed by atoms with E-state index in [-0.39, 0.29) is 24.7 Å². The number of hydrogen-bond donors (Lipinski definition) is 1. The molecule has 0 aromatic heterocycles. The van der Waals surface area contributed by atoms with Gasteiger partial charge in [-0.2, -0.15) is 30.6 Å². The molecule has 1 amide bonds. The number of likely N-dealkylation sites (tertiary alicyclic amines) is 1. The van der Waals surface area contributed by atoms with E-state index in [1.54, 1.807) is 0 Å². The number of nitrogens with zero attached hydrogens (tertiary/aromatic N) is 2. The van der Waals surface area contributed by atoms with Gasteiger partial charge in [0.15, 0.2) is 0 Å². The second kappa shape index (κ2) is 7.30. The lowest BCUT2D eigenvalue weighted by Gasteiger charge is -2.33. The third-order valence-electron chi connectivity index (χ3n) is 4.04. The molecule has 0 unspecified atom stereocenters. The maximum Gasteiger partial charge on any atom is 0.417 e. The first-order chi connectivity index (χ1) is 11.5. The number of hydrogen-bond acceptors (Lipinski definition) is 3. The predicted molar refractivity (Wildman–Crippen MR) is 86.1 cm³/mol. The molecule has 1 fully saturated rings. The van der Waals surface area contributed by atoms with E-state index in [9.17, 15) is 26.4 Å². The van der Waals surface area contributed by atoms with Crippen molar-refractivity contribution in [1.29, 1.82) is 0 Å². The fourth-order valence-electron chi connectivity index (χ4n) is 2.60. The molecule has 0 bridgehead atoms. The van der Waals surface area contributed by atoms with Crippen molar-refractivity contribution in [1.82, 2.24) is 13.9 Å². The van der Waals surface area contributed by atoms with Gasteiger partial charge in [0, 0.05) is 33.2 Å². The fourth-order valence-corrected chi connectivity index (χ4v) is 3.47. The molecule has 25 heavy (non-hydrogen) atoms. The van der Waals surface area contributed by atoms with Crippen molar-refractivity contribution >= 4 is 16.1 Å². The van der Waals surface area contributed by atoms with Crippen LogP contribution in [0.5, 0.6) is 0 Å². The number of amides is 1. The first kappa shape index (κ1) is 19.7. The zero-order chi connectivity index (χ0) is 18.8. The Bertz CT molecular complexity index is 727. The van der Waals surface area contributed by atoms with Crippen LogP contribution in [0.4, 0.5) is 13.2 Å². The largest absolute Gasteiger partial charge is 0.417 e. The summed E-state index contributed by atoms with van der Waals surface area (Å²) in [6, 6.07) is 4.31. The maximum absolute atomic E-state index is 13.0. The molecular formula is C15H20F3N3O3S. The molecule has 1 aromatic carbocycles. The molecule has 0 radical (unpaired) electrons. The summed E-state index contributed by atoms with van der Waals surface area (Å²) in [5, 5.41) is 0. The van der Waals surface area contributed by atoms with Gasteiger partial charge in [-0.1, -0.05) is 12.1 Å². The van der Waals surface area contributed by atoms with Crippen molar-refractivity contribution in [3.8, 4) is 0 Å². The number of benzene rings is 1. The van der Waals surface area contributed by atoms with Crippen molar-refractivity contribution in [3.63, 3.8) is 0 Å². The fraction of sp³-hybridized carbons (Fsp3) is 0.533. The van der Waals surface area contributed by atoms with Crippen LogP contribution in [0.15, 0.2) is 24.3 Å². The van der Waals surface area contributed by atoms with E-state index in [1.165, 1.54) is 31.1 Å². The molecule has 1 saturated heterocycles. The van der Waals surface area contributed by atoms with Crippen molar-refractivity contribution in [3.05, 3.63) is 35.4 Å². The summed E-state index contributed by atoms with van der Waals surface area (Å²) >= 11 is 0. The van der Waals surface area contributed by atoms with E-state index in [1.807, 2.05) is 0 Å². The maximum atomic E-state index is 13.0. The summed E-state index contributed by atoms with van der Waals surface area (Å²) in [4.78, 5) is 13.8. The van der Waals surface area contributed by atoms with Gasteiger partial charge in [-0.15, -0.1) is 0 Å². The van der Waals surface area contributed by atoms with Crippen molar-refractivity contribution in [2.45, 2.75) is 25.1 Å². The van der Waals surface area contributed by atoms with Crippen LogP contribution in [0.1, 0.15) is 28.8 Å². The van der Waals surface area contributed by atoms with Crippen LogP contribution in [0.2, 0.25) is 0 Å². The van der Waals surface area contributed by atoms with Crippen molar-refractivity contribution in [2.75, 3.05) is 27.2 Å². The average molecular weight is 379 g/mol. The second-order valence-electron chi connectivity index (χ2n) is 6.02. The number of carbonyl (C=O) groups excluding carboxylic acids is 1. The lowest BCUT2D eigenvalue weighted by atomic mass is 10.0. The molecule has 1 heterocycles. The number of alkyl halides is 3. The minimum absolute atomic E-state index is 0.186. The van der Waals surface area contributed by atoms with E-state index < -0.39 is 27.9 Å². The topological polar surface area (TPSA) is 69.7 Å². The van der Waals surface area contributed by atoms with Gasteiger partial charge >= 0.3 is 6.18 Å². The van der Waals surface area contributed by atoms with Gasteiger partial charge in [0.05, 0.1) is 11.1 Å². The summed E-state index contributed by atoms with van der Waals surface area (Å²) in [7, 11) is -0.787. The number of halogens is 3. The molecule has 1 N–H and O–H groups in total. The molecule has 6 nitrogen and oxygen atoms in total. The van der Waals surface area contributed by atoms with Crippen LogP contribution in [0.25, 0.3) is 0 Å². The molecule has 1 aromatic rings. The highest BCUT2D eigenvalue weighted by atomic mass is 32.2. The Morgan fingerprint density at radius 3 is 2.28 bits per heavy atom. The van der Waals surface area contributed by atoms with Crippen LogP contribution >= 0.6 is 0 Å². The molecule has 0 aliphatic carbocycles. The first-order valence-electron chi connectivity index (χ1n) is 7.67. The summed E-state index contributed by atoms with van der Waals surface area (Å²) in [6.45, 7) is 0.372. The summed E-state index contributed by atoms with van der Waals surface area (Å²) in [5.74, 6) is -0.693. The van der Waals surface area contributed by atoms with Crippen molar-refractivity contribution < 1.29 is 26.4 Å². The summed E-state index contributed by atoms with van der Waals surface area (Å²) < 4.78 is 66.3. The Hall–Kier alpha value is -1.65. The SMILES string of the molecule is CN(C)S(=O)(=O)NC1CCN(C(=O)c2ccccc2C(F)(F)F)CC1. The average Bonchev–Trinajstić information content (AvgIpc) is 2.53. The molecular weight excluding hydrogens is 359 g/mol. The van der Waals surface area contributed by atoms with Crippen LogP contribution in [-0.4, -0.2) is 56.8 Å². The Morgan fingerprint density at radius 1 is 1.20 bits per heavy atom. The van der Waals surface area contributed by atoms with Crippen LogP contribution < -0.4 is 4.72 Å². The number of carbonyl (C=O) groups is 1. The molecule has 2 rings (SSSR count). The highest BCUT2D eigenvalue weighted by molar-refractivity contribution is 7.87. The molecule has 0 spiro atoms. The van der Waals surface area contributed by atoms with Gasteiger partial charge in [0.1, 0.15) is 0 Å². The molecule has 0 saturated carbocycles. The minimum atomic E-state index is -4.61. The Morgan fingerprint density at radius 2 is 1.76 bits per heavy atom. The van der Waals surface area contributed by atoms with E-state index in [2.05, 4.69) is 4.72 Å². The van der Waals surface area contributed by atoms with Crippen molar-refractivity contribution in [2.24, 2.45) is 0 Å². The normalized spacial score (nSPS) is 17.1. The van der Waals surface area contributed by atoms with Gasteiger partial charge < -0.3 is 4.90 Å². The predicted octanol–water partition coefficient (Wildman–Crippen LogP) is 1.71. The minimum Gasteiger partial charge on any atom is -0.339 e. The van der Waals surface area contributed by atoms with Gasteiger partial charge in [0.2, 0.25) is 0 Å². The highest BCUT2D eigenvalue weighted by Gasteiger charge is 2.36. The van der Waals surface area contributed by atoms with Crippen LogP contribution in [-0.2, 0) is 16.4 Å². The first-order valence-corrected chi connectivity index (χ1v) is 9.11. The molecule has 1 aliphatic heterocycles. The van der Waals surface area contributed by atoms with Crippen LogP contribution in [0, 0.1) is 0 Å². The third kappa shape index (κ3) is 4.71. The smallest absolute Gasteiger partial charge is 0.339 e. The summed E-state index contributed by atoms with van der Waals surface area (Å²) in [5.41, 5.74) is -1.35. The van der Waals surface area contributed by atoms with E-state index in [0.29, 0.717) is 12.8 Å². The zero-order valence-electron chi connectivity index (χ0n) is 13.9. The quantitative estimate of drug-likeness (QED) is 0.866. The number of nitrogens with one attached hydrogen (secondary N) is 1. The van der Waals surface area contributed by atoms with Gasteiger partial charge in [-0.3, -0.25) is 4.79 Å². The Kier molecular flexibility index (Phi) is 5.75. The van der Waals surface area contributed by atoms with Crippen LogP contribution in [0.3, 0.4) is 0 Å². The van der Waals surface area contributed by atoms with Gasteiger partial charge in [-0.05, 0) is 25.0 Å². The van der Waals surface area contributed by atoms with E-state index in [4.69, 9.17) is 0 Å².